The first-order chi connectivity index (χ1) is 12.0. The van der Waals surface area contributed by atoms with E-state index in [9.17, 15) is 5.11 Å². The molecule has 0 aromatic heterocycles. The van der Waals surface area contributed by atoms with E-state index in [1.54, 1.807) is 18.7 Å². The summed E-state index contributed by atoms with van der Waals surface area (Å²) in [5, 5.41) is 10.7. The van der Waals surface area contributed by atoms with Crippen LogP contribution in [0, 0.1) is 0 Å². The van der Waals surface area contributed by atoms with Crippen LogP contribution in [0.15, 0.2) is 52.3 Å². The molecule has 1 aliphatic rings. The fourth-order valence-electron chi connectivity index (χ4n) is 3.04. The molecule has 0 amide bonds. The molecule has 1 aliphatic heterocycles. The van der Waals surface area contributed by atoms with Crippen molar-refractivity contribution in [2.24, 2.45) is 0 Å². The molecule has 2 aromatic rings. The van der Waals surface area contributed by atoms with Crippen molar-refractivity contribution in [1.29, 1.82) is 0 Å². The fourth-order valence-corrected chi connectivity index (χ4v) is 4.35. The topological polar surface area (TPSA) is 26.7 Å². The smallest absolute Gasteiger partial charge is 0.0773 e. The van der Waals surface area contributed by atoms with Gasteiger partial charge >= 0.3 is 0 Å². The second-order valence-electron chi connectivity index (χ2n) is 6.65. The zero-order valence-electron chi connectivity index (χ0n) is 15.6. The number of halogens is 3. The predicted octanol–water partition coefficient (Wildman–Crippen LogP) is 5.14. The first-order valence-electron chi connectivity index (χ1n) is 8.67. The molecule has 27 heavy (non-hydrogen) atoms. The molecule has 1 unspecified atom stereocenters. The summed E-state index contributed by atoms with van der Waals surface area (Å²) in [4.78, 5) is 7.19. The van der Waals surface area contributed by atoms with E-state index in [1.807, 2.05) is 18.2 Å². The van der Waals surface area contributed by atoms with Gasteiger partial charge in [0.15, 0.2) is 0 Å². The number of aliphatic hydroxyl groups excluding tert-OH is 1. The molecule has 1 fully saturated rings. The number of likely N-dealkylation sites (N-methyl/N-ethyl adjacent to an activating group) is 1. The normalized spacial score (nSPS) is 16.3. The van der Waals surface area contributed by atoms with Crippen molar-refractivity contribution >= 4 is 48.2 Å². The van der Waals surface area contributed by atoms with Crippen LogP contribution in [0.1, 0.15) is 24.2 Å². The maximum Gasteiger partial charge on any atom is 0.0773 e. The van der Waals surface area contributed by atoms with Crippen LogP contribution in [0.25, 0.3) is 0 Å². The summed E-state index contributed by atoms with van der Waals surface area (Å²) >= 11 is 7.82. The van der Waals surface area contributed by atoms with E-state index in [1.165, 1.54) is 10.5 Å². The van der Waals surface area contributed by atoms with Crippen molar-refractivity contribution in [1.82, 2.24) is 9.80 Å². The maximum absolute atomic E-state index is 10.1. The van der Waals surface area contributed by atoms with E-state index in [2.05, 4.69) is 41.1 Å². The van der Waals surface area contributed by atoms with Crippen molar-refractivity contribution in [2.45, 2.75) is 29.4 Å². The van der Waals surface area contributed by atoms with Gasteiger partial charge in [-0.05, 0) is 49.4 Å². The Morgan fingerprint density at radius 2 is 1.70 bits per heavy atom. The lowest BCUT2D eigenvalue weighted by molar-refractivity contribution is 0.147. The molecule has 0 radical (unpaired) electrons. The van der Waals surface area contributed by atoms with Gasteiger partial charge in [0.2, 0.25) is 0 Å². The highest BCUT2D eigenvalue weighted by atomic mass is 35.5. The molecule has 3 rings (SSSR count). The van der Waals surface area contributed by atoms with Gasteiger partial charge in [0.25, 0.3) is 0 Å². The first kappa shape index (κ1) is 24.6. The van der Waals surface area contributed by atoms with Crippen LogP contribution in [0.3, 0.4) is 0 Å². The minimum absolute atomic E-state index is 0. The molecule has 2 aromatic carbocycles. The zero-order chi connectivity index (χ0) is 17.8. The van der Waals surface area contributed by atoms with Gasteiger partial charge in [0.1, 0.15) is 0 Å². The van der Waals surface area contributed by atoms with Crippen LogP contribution in [0.4, 0.5) is 0 Å². The molecule has 1 N–H and O–H groups in total. The van der Waals surface area contributed by atoms with Crippen molar-refractivity contribution in [2.75, 3.05) is 33.2 Å². The third-order valence-electron chi connectivity index (χ3n) is 4.60. The zero-order valence-corrected chi connectivity index (χ0v) is 18.8. The summed E-state index contributed by atoms with van der Waals surface area (Å²) in [6.07, 6.45) is -0.536. The number of aliphatic hydroxyl groups is 1. The Kier molecular flexibility index (Phi) is 10.5. The Bertz CT molecular complexity index is 722. The molecule has 1 heterocycles. The van der Waals surface area contributed by atoms with Gasteiger partial charge in [-0.3, -0.25) is 4.90 Å². The van der Waals surface area contributed by atoms with E-state index in [-0.39, 0.29) is 24.8 Å². The fraction of sp³-hybridized carbons (Fsp3) is 0.400. The highest BCUT2D eigenvalue weighted by Gasteiger charge is 2.17. The second-order valence-corrected chi connectivity index (χ2v) is 8.17. The van der Waals surface area contributed by atoms with Crippen molar-refractivity contribution in [3.05, 3.63) is 58.6 Å². The molecule has 3 nitrogen and oxygen atoms in total. The standard InChI is InChI=1S/C20H25ClN2OS.2ClH/c1-15(24)18-13-17(21)7-8-20(18)25-19-6-4-3-5-16(19)14-23-11-9-22(2)10-12-23;;/h3-8,13,15,24H,9-12,14H2,1-2H3;2*1H. The number of piperazine rings is 1. The summed E-state index contributed by atoms with van der Waals surface area (Å²) < 4.78 is 0. The lowest BCUT2D eigenvalue weighted by Gasteiger charge is -2.32. The summed E-state index contributed by atoms with van der Waals surface area (Å²) in [7, 11) is 2.18. The van der Waals surface area contributed by atoms with Crippen molar-refractivity contribution in [3.63, 3.8) is 0 Å². The van der Waals surface area contributed by atoms with Crippen LogP contribution in [-0.4, -0.2) is 48.1 Å². The number of hydrogen-bond acceptors (Lipinski definition) is 4. The summed E-state index contributed by atoms with van der Waals surface area (Å²) in [5.41, 5.74) is 2.22. The van der Waals surface area contributed by atoms with Crippen LogP contribution in [-0.2, 0) is 6.54 Å². The Balaban J connectivity index is 0.00000182. The quantitative estimate of drug-likeness (QED) is 0.684. The molecule has 0 saturated carbocycles. The monoisotopic (exact) mass is 448 g/mol. The third kappa shape index (κ3) is 6.82. The molecular weight excluding hydrogens is 423 g/mol. The Morgan fingerprint density at radius 1 is 1.04 bits per heavy atom. The molecule has 1 atom stereocenters. The first-order valence-corrected chi connectivity index (χ1v) is 9.86. The van der Waals surface area contributed by atoms with E-state index < -0.39 is 6.10 Å². The van der Waals surface area contributed by atoms with Gasteiger partial charge in [-0.25, -0.2) is 0 Å². The molecule has 0 bridgehead atoms. The molecule has 0 spiro atoms. The van der Waals surface area contributed by atoms with Crippen LogP contribution in [0.2, 0.25) is 5.02 Å². The maximum atomic E-state index is 10.1. The second kappa shape index (κ2) is 11.5. The van der Waals surface area contributed by atoms with Gasteiger partial charge in [-0.15, -0.1) is 24.8 Å². The van der Waals surface area contributed by atoms with Crippen molar-refractivity contribution < 1.29 is 5.11 Å². The minimum atomic E-state index is -0.536. The molecular formula is C20H27Cl3N2OS. The highest BCUT2D eigenvalue weighted by molar-refractivity contribution is 7.99. The average molecular weight is 450 g/mol. The number of benzene rings is 2. The van der Waals surface area contributed by atoms with Gasteiger partial charge in [-0.2, -0.15) is 0 Å². The van der Waals surface area contributed by atoms with E-state index >= 15 is 0 Å². The Morgan fingerprint density at radius 3 is 2.37 bits per heavy atom. The van der Waals surface area contributed by atoms with Crippen LogP contribution in [0.5, 0.6) is 0 Å². The van der Waals surface area contributed by atoms with Gasteiger partial charge in [0.05, 0.1) is 6.10 Å². The SMILES string of the molecule is CC(O)c1cc(Cl)ccc1Sc1ccccc1CN1CCN(C)CC1.Cl.Cl. The van der Waals surface area contributed by atoms with Crippen molar-refractivity contribution in [3.8, 4) is 0 Å². The lowest BCUT2D eigenvalue weighted by Crippen LogP contribution is -2.43. The highest BCUT2D eigenvalue weighted by Crippen LogP contribution is 2.36. The largest absolute Gasteiger partial charge is 0.389 e. The molecule has 1 saturated heterocycles. The van der Waals surface area contributed by atoms with Gasteiger partial charge < -0.3 is 10.0 Å². The molecule has 7 heteroatoms. The van der Waals surface area contributed by atoms with Crippen LogP contribution < -0.4 is 0 Å². The summed E-state index contributed by atoms with van der Waals surface area (Å²) in [6.45, 7) is 7.21. The predicted molar refractivity (Wildman–Crippen MR) is 120 cm³/mol. The van der Waals surface area contributed by atoms with Gasteiger partial charge in [0, 0.05) is 47.5 Å². The Hall–Kier alpha value is -0.460. The lowest BCUT2D eigenvalue weighted by atomic mass is 10.1. The summed E-state index contributed by atoms with van der Waals surface area (Å²) in [5.74, 6) is 0. The van der Waals surface area contributed by atoms with E-state index in [0.29, 0.717) is 5.02 Å². The Labute approximate surface area is 183 Å². The molecule has 150 valence electrons. The van der Waals surface area contributed by atoms with E-state index in [0.717, 1.165) is 43.2 Å². The van der Waals surface area contributed by atoms with Gasteiger partial charge in [-0.1, -0.05) is 41.6 Å². The number of hydrogen-bond donors (Lipinski definition) is 1. The third-order valence-corrected chi connectivity index (χ3v) is 6.05. The summed E-state index contributed by atoms with van der Waals surface area (Å²) in [6, 6.07) is 14.3. The molecule has 0 aliphatic carbocycles. The number of rotatable bonds is 5. The van der Waals surface area contributed by atoms with E-state index in [4.69, 9.17) is 11.6 Å². The van der Waals surface area contributed by atoms with Crippen LogP contribution >= 0.6 is 48.2 Å². The average Bonchev–Trinajstić information content (AvgIpc) is 2.60. The number of nitrogens with zero attached hydrogens (tertiary/aromatic N) is 2. The minimum Gasteiger partial charge on any atom is -0.389 e.